The van der Waals surface area contributed by atoms with Crippen molar-refractivity contribution in [3.63, 3.8) is 0 Å². The Morgan fingerprint density at radius 3 is 2.73 bits per heavy atom. The fourth-order valence-electron chi connectivity index (χ4n) is 1.04. The van der Waals surface area contributed by atoms with E-state index in [1.165, 1.54) is 0 Å². The van der Waals surface area contributed by atoms with Crippen LogP contribution in [0.15, 0.2) is 17.5 Å². The first-order valence-electron chi connectivity index (χ1n) is 4.57. The lowest BCUT2D eigenvalue weighted by Gasteiger charge is -2.23. The smallest absolute Gasteiger partial charge is 0.225 e. The molecule has 1 heterocycles. The van der Waals surface area contributed by atoms with Crippen molar-refractivity contribution in [2.24, 2.45) is 5.73 Å². The van der Waals surface area contributed by atoms with Gasteiger partial charge in [0.15, 0.2) is 0 Å². The Hall–Kier alpha value is -0.580. The summed E-state index contributed by atoms with van der Waals surface area (Å²) in [6, 6.07) is 3.90. The first-order valence-corrected chi connectivity index (χ1v) is 5.45. The van der Waals surface area contributed by atoms with Crippen molar-refractivity contribution in [3.05, 3.63) is 22.4 Å². The van der Waals surface area contributed by atoms with Gasteiger partial charge in [0.1, 0.15) is 0 Å². The molecule has 0 bridgehead atoms. The van der Waals surface area contributed by atoms with Crippen LogP contribution in [0.3, 0.4) is 0 Å². The molecule has 15 heavy (non-hydrogen) atoms. The third kappa shape index (κ3) is 5.16. The number of thiophene rings is 1. The van der Waals surface area contributed by atoms with E-state index in [-0.39, 0.29) is 23.9 Å². The second-order valence-corrected chi connectivity index (χ2v) is 4.92. The van der Waals surface area contributed by atoms with Crippen LogP contribution in [0.2, 0.25) is 0 Å². The van der Waals surface area contributed by atoms with Crippen LogP contribution in [0.5, 0.6) is 0 Å². The fourth-order valence-corrected chi connectivity index (χ4v) is 1.75. The first-order chi connectivity index (χ1) is 6.53. The summed E-state index contributed by atoms with van der Waals surface area (Å²) in [6.45, 7) is 4.28. The van der Waals surface area contributed by atoms with Crippen molar-refractivity contribution in [1.29, 1.82) is 0 Å². The number of nitrogens with one attached hydrogen (secondary N) is 1. The van der Waals surface area contributed by atoms with Gasteiger partial charge < -0.3 is 11.1 Å². The molecule has 86 valence electrons. The average Bonchev–Trinajstić information content (AvgIpc) is 2.55. The van der Waals surface area contributed by atoms with Gasteiger partial charge in [-0.15, -0.1) is 23.7 Å². The lowest BCUT2D eigenvalue weighted by Crippen LogP contribution is -2.49. The predicted molar refractivity (Wildman–Crippen MR) is 66.5 cm³/mol. The number of halogens is 1. The van der Waals surface area contributed by atoms with Crippen LogP contribution in [0, 0.1) is 0 Å². The summed E-state index contributed by atoms with van der Waals surface area (Å²) in [5, 5.41) is 4.86. The summed E-state index contributed by atoms with van der Waals surface area (Å²) < 4.78 is 0. The van der Waals surface area contributed by atoms with Gasteiger partial charge in [0, 0.05) is 17.0 Å². The third-order valence-electron chi connectivity index (χ3n) is 1.90. The van der Waals surface area contributed by atoms with Gasteiger partial charge in [-0.05, 0) is 25.3 Å². The average molecular weight is 249 g/mol. The van der Waals surface area contributed by atoms with E-state index in [1.54, 1.807) is 11.3 Å². The molecule has 0 aromatic carbocycles. The summed E-state index contributed by atoms with van der Waals surface area (Å²) >= 11 is 1.59. The minimum Gasteiger partial charge on any atom is -0.350 e. The van der Waals surface area contributed by atoms with E-state index in [1.807, 2.05) is 31.4 Å². The maximum absolute atomic E-state index is 11.5. The number of carbonyl (C=O) groups excluding carboxylic acids is 1. The monoisotopic (exact) mass is 248 g/mol. The van der Waals surface area contributed by atoms with E-state index in [4.69, 9.17) is 5.73 Å². The van der Waals surface area contributed by atoms with Gasteiger partial charge in [-0.3, -0.25) is 4.79 Å². The minimum absolute atomic E-state index is 0. The summed E-state index contributed by atoms with van der Waals surface area (Å²) in [4.78, 5) is 12.6. The van der Waals surface area contributed by atoms with Crippen molar-refractivity contribution in [3.8, 4) is 0 Å². The van der Waals surface area contributed by atoms with Gasteiger partial charge in [0.2, 0.25) is 5.91 Å². The SMILES string of the molecule is CC(C)(CN)NC(=O)Cc1cccs1.Cl. The molecule has 3 nitrogen and oxygen atoms in total. The first kappa shape index (κ1) is 14.4. The van der Waals surface area contributed by atoms with Crippen molar-refractivity contribution < 1.29 is 4.79 Å². The Kier molecular flexibility index (Phi) is 5.87. The van der Waals surface area contributed by atoms with Crippen LogP contribution >= 0.6 is 23.7 Å². The van der Waals surface area contributed by atoms with Crippen molar-refractivity contribution in [1.82, 2.24) is 5.32 Å². The normalized spacial score (nSPS) is 10.6. The van der Waals surface area contributed by atoms with Gasteiger partial charge in [-0.2, -0.15) is 0 Å². The molecule has 1 aromatic rings. The molecule has 1 aromatic heterocycles. The third-order valence-corrected chi connectivity index (χ3v) is 2.78. The summed E-state index contributed by atoms with van der Waals surface area (Å²) in [7, 11) is 0. The second-order valence-electron chi connectivity index (χ2n) is 3.89. The zero-order valence-electron chi connectivity index (χ0n) is 8.95. The lowest BCUT2D eigenvalue weighted by molar-refractivity contribution is -0.121. The highest BCUT2D eigenvalue weighted by atomic mass is 35.5. The molecule has 0 unspecified atom stereocenters. The van der Waals surface area contributed by atoms with Crippen molar-refractivity contribution in [2.75, 3.05) is 6.54 Å². The molecule has 0 aliphatic heterocycles. The number of nitrogens with two attached hydrogens (primary N) is 1. The highest BCUT2D eigenvalue weighted by molar-refractivity contribution is 7.10. The van der Waals surface area contributed by atoms with E-state index >= 15 is 0 Å². The van der Waals surface area contributed by atoms with Gasteiger partial charge in [-0.25, -0.2) is 0 Å². The lowest BCUT2D eigenvalue weighted by atomic mass is 10.1. The molecule has 0 aliphatic rings. The molecule has 0 spiro atoms. The van der Waals surface area contributed by atoms with E-state index in [0.717, 1.165) is 4.88 Å². The Morgan fingerprint density at radius 1 is 1.60 bits per heavy atom. The molecule has 0 aliphatic carbocycles. The minimum atomic E-state index is -0.311. The molecule has 0 radical (unpaired) electrons. The van der Waals surface area contributed by atoms with Crippen LogP contribution in [0.1, 0.15) is 18.7 Å². The maximum Gasteiger partial charge on any atom is 0.225 e. The zero-order valence-corrected chi connectivity index (χ0v) is 10.6. The Balaban J connectivity index is 0.00000196. The topological polar surface area (TPSA) is 55.1 Å². The van der Waals surface area contributed by atoms with E-state index in [0.29, 0.717) is 13.0 Å². The standard InChI is InChI=1S/C10H16N2OS.ClH/c1-10(2,7-11)12-9(13)6-8-4-3-5-14-8;/h3-5H,6-7,11H2,1-2H3,(H,12,13);1H. The van der Waals surface area contributed by atoms with Crippen LogP contribution in [0.25, 0.3) is 0 Å². The van der Waals surface area contributed by atoms with Crippen LogP contribution in [-0.4, -0.2) is 18.0 Å². The number of carbonyl (C=O) groups is 1. The van der Waals surface area contributed by atoms with Crippen LogP contribution < -0.4 is 11.1 Å². The van der Waals surface area contributed by atoms with Gasteiger partial charge in [0.25, 0.3) is 0 Å². The Labute approximate surface area is 100 Å². The van der Waals surface area contributed by atoms with Crippen molar-refractivity contribution in [2.45, 2.75) is 25.8 Å². The molecule has 3 N–H and O–H groups in total. The highest BCUT2D eigenvalue weighted by Crippen LogP contribution is 2.09. The molecule has 1 amide bonds. The van der Waals surface area contributed by atoms with Crippen molar-refractivity contribution >= 4 is 29.7 Å². The Morgan fingerprint density at radius 2 is 2.27 bits per heavy atom. The molecule has 0 saturated carbocycles. The van der Waals surface area contributed by atoms with Gasteiger partial charge in [0.05, 0.1) is 6.42 Å². The van der Waals surface area contributed by atoms with Gasteiger partial charge >= 0.3 is 0 Å². The number of hydrogen-bond acceptors (Lipinski definition) is 3. The number of hydrogen-bond donors (Lipinski definition) is 2. The fraction of sp³-hybridized carbons (Fsp3) is 0.500. The summed E-state index contributed by atoms with van der Waals surface area (Å²) in [5.74, 6) is 0.0305. The van der Waals surface area contributed by atoms with E-state index in [2.05, 4.69) is 5.32 Å². The molecule has 0 saturated heterocycles. The van der Waals surface area contributed by atoms with Crippen LogP contribution in [-0.2, 0) is 11.2 Å². The van der Waals surface area contributed by atoms with Crippen LogP contribution in [0.4, 0.5) is 0 Å². The largest absolute Gasteiger partial charge is 0.350 e. The number of amides is 1. The van der Waals surface area contributed by atoms with E-state index < -0.39 is 0 Å². The molecule has 0 atom stereocenters. The summed E-state index contributed by atoms with van der Waals surface area (Å²) in [6.07, 6.45) is 0.446. The second kappa shape index (κ2) is 6.10. The molecule has 0 fully saturated rings. The molecule has 1 rings (SSSR count). The predicted octanol–water partition coefficient (Wildman–Crippen LogP) is 1.57. The quantitative estimate of drug-likeness (QED) is 0.850. The molecule has 5 heteroatoms. The maximum atomic E-state index is 11.5. The van der Waals surface area contributed by atoms with E-state index in [9.17, 15) is 4.79 Å². The summed E-state index contributed by atoms with van der Waals surface area (Å²) in [5.41, 5.74) is 5.20. The molecular formula is C10H17ClN2OS. The zero-order chi connectivity index (χ0) is 10.6. The number of rotatable bonds is 4. The van der Waals surface area contributed by atoms with Gasteiger partial charge in [-0.1, -0.05) is 6.07 Å². The highest BCUT2D eigenvalue weighted by Gasteiger charge is 2.18. The Bertz CT molecular complexity index is 298. The molecular weight excluding hydrogens is 232 g/mol.